The predicted octanol–water partition coefficient (Wildman–Crippen LogP) is 3.60. The third-order valence-electron chi connectivity index (χ3n) is 8.03. The maximum absolute atomic E-state index is 14.2. The molecular weight excluding hydrogens is 524 g/mol. The molecule has 40 heavy (non-hydrogen) atoms. The van der Waals surface area contributed by atoms with E-state index in [0.717, 1.165) is 40.8 Å². The molecule has 3 heterocycles. The van der Waals surface area contributed by atoms with Gasteiger partial charge in [-0.2, -0.15) is 17.0 Å². The van der Waals surface area contributed by atoms with Crippen molar-refractivity contribution >= 4 is 32.8 Å². The standard InChI is InChI=1S/C30H34N6O3S/c37-26(12-11-24-7-3-1-4-8-24)21-35(18-14-25-9-5-2-6-10-25)40(38,39)36-20-19-34(22-30(36)15-16-30)29-27-13-17-31-28(27)32-23-33-29/h1-10,13,17,23H,11-12,14-16,18-22H2,(H,31,32,33). The van der Waals surface area contributed by atoms with Crippen LogP contribution in [0.5, 0.6) is 0 Å². The number of Topliss-reactive ketones (excluding diaryl/α,β-unsaturated/α-hetero) is 1. The van der Waals surface area contributed by atoms with Gasteiger partial charge in [-0.1, -0.05) is 60.7 Å². The summed E-state index contributed by atoms with van der Waals surface area (Å²) in [7, 11) is -3.87. The highest BCUT2D eigenvalue weighted by molar-refractivity contribution is 7.86. The number of hydrogen-bond acceptors (Lipinski definition) is 6. The number of piperazine rings is 1. The van der Waals surface area contributed by atoms with E-state index in [0.29, 0.717) is 38.9 Å². The number of carbonyl (C=O) groups excluding carboxylic acids is 1. The number of carbonyl (C=O) groups is 1. The fourth-order valence-corrected chi connectivity index (χ4v) is 7.63. The number of anilines is 1. The maximum atomic E-state index is 14.2. The van der Waals surface area contributed by atoms with E-state index in [1.807, 2.05) is 72.9 Å². The topological polar surface area (TPSA) is 102 Å². The van der Waals surface area contributed by atoms with Crippen molar-refractivity contribution in [3.63, 3.8) is 0 Å². The van der Waals surface area contributed by atoms with Gasteiger partial charge in [-0.3, -0.25) is 4.79 Å². The molecule has 0 bridgehead atoms. The third kappa shape index (κ3) is 5.52. The molecule has 2 aliphatic rings. The average Bonchev–Trinajstić information content (AvgIpc) is 3.55. The first-order valence-corrected chi connectivity index (χ1v) is 15.2. The highest BCUT2D eigenvalue weighted by atomic mass is 32.2. The first-order valence-electron chi connectivity index (χ1n) is 13.9. The maximum Gasteiger partial charge on any atom is 0.283 e. The summed E-state index contributed by atoms with van der Waals surface area (Å²) in [5, 5.41) is 0.933. The Hall–Kier alpha value is -3.60. The number of fused-ring (bicyclic) bond motifs is 1. The monoisotopic (exact) mass is 558 g/mol. The molecule has 2 aromatic heterocycles. The molecule has 0 unspecified atom stereocenters. The van der Waals surface area contributed by atoms with E-state index in [1.165, 1.54) is 4.31 Å². The van der Waals surface area contributed by atoms with Crippen LogP contribution < -0.4 is 4.90 Å². The second-order valence-corrected chi connectivity index (χ2v) is 12.6. The van der Waals surface area contributed by atoms with Gasteiger partial charge in [-0.05, 0) is 42.9 Å². The average molecular weight is 559 g/mol. The van der Waals surface area contributed by atoms with Crippen LogP contribution in [0.25, 0.3) is 11.0 Å². The number of H-pyrrole nitrogens is 1. The molecule has 1 saturated heterocycles. The van der Waals surface area contributed by atoms with Crippen LogP contribution in [-0.2, 0) is 27.8 Å². The van der Waals surface area contributed by atoms with Gasteiger partial charge in [0.25, 0.3) is 10.2 Å². The highest BCUT2D eigenvalue weighted by Crippen LogP contribution is 2.47. The number of hydrogen-bond donors (Lipinski definition) is 1. The Morgan fingerprint density at radius 1 is 0.925 bits per heavy atom. The molecule has 0 radical (unpaired) electrons. The van der Waals surface area contributed by atoms with Crippen LogP contribution in [0.15, 0.2) is 79.3 Å². The third-order valence-corrected chi connectivity index (χ3v) is 10.1. The number of benzene rings is 2. The highest BCUT2D eigenvalue weighted by Gasteiger charge is 2.57. The Morgan fingerprint density at radius 2 is 1.62 bits per heavy atom. The quantitative estimate of drug-likeness (QED) is 0.302. The second-order valence-electron chi connectivity index (χ2n) is 10.8. The molecule has 1 N–H and O–H groups in total. The number of ketones is 1. The summed E-state index contributed by atoms with van der Waals surface area (Å²) in [5.74, 6) is 0.756. The lowest BCUT2D eigenvalue weighted by atomic mass is 10.1. The van der Waals surface area contributed by atoms with Gasteiger partial charge in [-0.25, -0.2) is 9.97 Å². The summed E-state index contributed by atoms with van der Waals surface area (Å²) in [6, 6.07) is 21.6. The van der Waals surface area contributed by atoms with Crippen molar-refractivity contribution in [1.82, 2.24) is 23.6 Å². The largest absolute Gasteiger partial charge is 0.353 e. The molecule has 1 spiro atoms. The zero-order chi connectivity index (χ0) is 27.6. The summed E-state index contributed by atoms with van der Waals surface area (Å²) in [6.45, 7) is 1.58. The number of aromatic amines is 1. The first kappa shape index (κ1) is 26.6. The van der Waals surface area contributed by atoms with Gasteiger partial charge in [0.1, 0.15) is 23.6 Å². The Morgan fingerprint density at radius 3 is 2.33 bits per heavy atom. The zero-order valence-corrected chi connectivity index (χ0v) is 23.3. The van der Waals surface area contributed by atoms with E-state index >= 15 is 0 Å². The molecule has 2 fully saturated rings. The van der Waals surface area contributed by atoms with Crippen LogP contribution in [0.3, 0.4) is 0 Å². The number of nitrogens with one attached hydrogen (secondary N) is 1. The molecule has 10 heteroatoms. The lowest BCUT2D eigenvalue weighted by Crippen LogP contribution is -2.60. The minimum absolute atomic E-state index is 0.0696. The molecule has 0 atom stereocenters. The Kier molecular flexibility index (Phi) is 7.39. The number of nitrogens with zero attached hydrogens (tertiary/aromatic N) is 5. The van der Waals surface area contributed by atoms with Crippen LogP contribution in [0.4, 0.5) is 5.82 Å². The normalized spacial score (nSPS) is 17.1. The lowest BCUT2D eigenvalue weighted by molar-refractivity contribution is -0.119. The van der Waals surface area contributed by atoms with E-state index < -0.39 is 15.7 Å². The number of aryl methyl sites for hydroxylation is 1. The van der Waals surface area contributed by atoms with Gasteiger partial charge >= 0.3 is 0 Å². The summed E-state index contributed by atoms with van der Waals surface area (Å²) >= 11 is 0. The van der Waals surface area contributed by atoms with Crippen LogP contribution in [-0.4, -0.2) is 76.0 Å². The summed E-state index contributed by atoms with van der Waals surface area (Å²) in [4.78, 5) is 27.3. The number of aromatic nitrogens is 3. The fourth-order valence-electron chi connectivity index (χ4n) is 5.68. The van der Waals surface area contributed by atoms with Crippen molar-refractivity contribution in [2.75, 3.05) is 37.6 Å². The first-order chi connectivity index (χ1) is 19.4. The Bertz CT molecular complexity index is 1570. The van der Waals surface area contributed by atoms with Crippen molar-refractivity contribution in [1.29, 1.82) is 0 Å². The van der Waals surface area contributed by atoms with Gasteiger partial charge < -0.3 is 9.88 Å². The molecule has 2 aromatic carbocycles. The van der Waals surface area contributed by atoms with E-state index in [9.17, 15) is 13.2 Å². The van der Waals surface area contributed by atoms with Gasteiger partial charge in [0, 0.05) is 38.8 Å². The van der Waals surface area contributed by atoms with Crippen LogP contribution in [0.1, 0.15) is 30.4 Å². The predicted molar refractivity (Wildman–Crippen MR) is 155 cm³/mol. The molecule has 9 nitrogen and oxygen atoms in total. The van der Waals surface area contributed by atoms with Crippen molar-refractivity contribution in [2.45, 2.75) is 37.6 Å². The van der Waals surface area contributed by atoms with E-state index in [2.05, 4.69) is 19.9 Å². The Balaban J connectivity index is 1.20. The van der Waals surface area contributed by atoms with Gasteiger partial charge in [0.05, 0.1) is 17.5 Å². The SMILES string of the molecule is O=C(CCc1ccccc1)CN(CCc1ccccc1)S(=O)(=O)N1CCN(c2ncnc3[nH]ccc23)CC12CC2. The van der Waals surface area contributed by atoms with Crippen LogP contribution in [0, 0.1) is 0 Å². The molecule has 6 rings (SSSR count). The molecule has 1 aliphatic heterocycles. The van der Waals surface area contributed by atoms with Gasteiger partial charge in [0.2, 0.25) is 0 Å². The van der Waals surface area contributed by atoms with E-state index in [-0.39, 0.29) is 18.9 Å². The van der Waals surface area contributed by atoms with Gasteiger partial charge in [-0.15, -0.1) is 0 Å². The second kappa shape index (κ2) is 11.1. The van der Waals surface area contributed by atoms with Crippen molar-refractivity contribution < 1.29 is 13.2 Å². The van der Waals surface area contributed by atoms with E-state index in [1.54, 1.807) is 10.6 Å². The minimum atomic E-state index is -3.87. The van der Waals surface area contributed by atoms with Crippen molar-refractivity contribution in [3.05, 3.63) is 90.4 Å². The summed E-state index contributed by atoms with van der Waals surface area (Å²) in [6.07, 6.45) is 6.42. The summed E-state index contributed by atoms with van der Waals surface area (Å²) < 4.78 is 31.6. The summed E-state index contributed by atoms with van der Waals surface area (Å²) in [5.41, 5.74) is 2.41. The molecule has 1 aliphatic carbocycles. The van der Waals surface area contributed by atoms with Gasteiger partial charge in [0.15, 0.2) is 0 Å². The molecule has 4 aromatic rings. The lowest BCUT2D eigenvalue weighted by Gasteiger charge is -2.43. The van der Waals surface area contributed by atoms with Crippen LogP contribution >= 0.6 is 0 Å². The number of rotatable bonds is 11. The van der Waals surface area contributed by atoms with Crippen molar-refractivity contribution in [3.8, 4) is 0 Å². The molecule has 208 valence electrons. The molecular formula is C30H34N6O3S. The van der Waals surface area contributed by atoms with E-state index in [4.69, 9.17) is 0 Å². The minimum Gasteiger partial charge on any atom is -0.353 e. The molecule has 0 amide bonds. The smallest absolute Gasteiger partial charge is 0.283 e. The van der Waals surface area contributed by atoms with Crippen molar-refractivity contribution in [2.24, 2.45) is 0 Å². The van der Waals surface area contributed by atoms with Crippen LogP contribution in [0.2, 0.25) is 0 Å². The Labute approximate surface area is 235 Å². The zero-order valence-electron chi connectivity index (χ0n) is 22.4. The molecule has 1 saturated carbocycles. The fraction of sp³-hybridized carbons (Fsp3) is 0.367.